The summed E-state index contributed by atoms with van der Waals surface area (Å²) >= 11 is 0. The Morgan fingerprint density at radius 1 is 0.453 bits per heavy atom. The van der Waals surface area contributed by atoms with Crippen molar-refractivity contribution in [3.8, 4) is 0 Å². The molecule has 0 bridgehead atoms. The maximum Gasteiger partial charge on any atom is 0.335 e. The summed E-state index contributed by atoms with van der Waals surface area (Å²) in [6, 6.07) is 0. The molecule has 0 aromatic heterocycles. The van der Waals surface area contributed by atoms with E-state index < -0.39 is 67.3 Å². The van der Waals surface area contributed by atoms with Crippen LogP contribution >= 0.6 is 0 Å². The van der Waals surface area contributed by atoms with E-state index >= 15 is 0 Å². The van der Waals surface area contributed by atoms with Crippen molar-refractivity contribution in [3.63, 3.8) is 0 Å². The van der Waals surface area contributed by atoms with Crippen LogP contribution in [0.4, 0.5) is 0 Å². The molecule has 428 valence electrons. The molecule has 0 spiro atoms. The van der Waals surface area contributed by atoms with Gasteiger partial charge in [-0.1, -0.05) is 196 Å². The summed E-state index contributed by atoms with van der Waals surface area (Å²) in [6.45, 7) is 5.77. The van der Waals surface area contributed by atoms with Gasteiger partial charge in [-0.3, -0.25) is 14.4 Å². The monoisotopic (exact) mass is 1050 g/mol. The fraction of sp³-hybridized carbons (Fsp3) is 0.714. The first-order chi connectivity index (χ1) is 36.6. The van der Waals surface area contributed by atoms with Crippen molar-refractivity contribution >= 4 is 23.9 Å². The fourth-order valence-electron chi connectivity index (χ4n) is 8.39. The number of carboxylic acid groups (broad SMARTS) is 1. The van der Waals surface area contributed by atoms with Crippen LogP contribution in [0.1, 0.15) is 239 Å². The second-order valence-corrected chi connectivity index (χ2v) is 19.9. The second kappa shape index (κ2) is 50.7. The molecule has 12 nitrogen and oxygen atoms in total. The van der Waals surface area contributed by atoms with Gasteiger partial charge in [-0.2, -0.15) is 0 Å². The lowest BCUT2D eigenvalue weighted by Gasteiger charge is -2.40. The highest BCUT2D eigenvalue weighted by molar-refractivity contribution is 5.74. The lowest BCUT2D eigenvalue weighted by Crippen LogP contribution is -2.61. The van der Waals surface area contributed by atoms with Crippen LogP contribution in [0, 0.1) is 0 Å². The van der Waals surface area contributed by atoms with E-state index in [-0.39, 0.29) is 25.9 Å². The number of allylic oxidation sites excluding steroid dienone is 14. The van der Waals surface area contributed by atoms with Gasteiger partial charge in [0.1, 0.15) is 18.8 Å². The number of carboxylic acids is 1. The Bertz CT molecular complexity index is 1630. The van der Waals surface area contributed by atoms with E-state index in [2.05, 4.69) is 106 Å². The van der Waals surface area contributed by atoms with Crippen LogP contribution in [-0.4, -0.2) is 89.2 Å². The van der Waals surface area contributed by atoms with Crippen molar-refractivity contribution in [1.29, 1.82) is 0 Å². The largest absolute Gasteiger partial charge is 0.479 e. The van der Waals surface area contributed by atoms with Gasteiger partial charge in [0.05, 0.1) is 6.61 Å². The first kappa shape index (κ1) is 68.9. The standard InChI is InChI=1S/C63H104O12/c1-4-7-10-13-16-19-22-25-27-28-30-32-34-37-40-43-46-49-55(64)71-52-54(73-56(65)50-47-44-41-38-35-31-24-21-18-15-12-9-6-3)53-72-63-61(59(68)58(67)60(75-63)62(69)70)74-57(66)51-48-45-42-39-36-33-29-26-23-20-17-14-11-8-5-2/h7,10,12,15-16,19,21,24-27,29-30,32,54,58-61,63,67-68H,4-6,8-9,11,13-14,17-18,20,22-23,28,31,33-53H2,1-3H3,(H,69,70)/b10-7-,15-12-,19-16-,24-21-,27-25-,29-26-,32-30-. The number of esters is 3. The molecule has 1 saturated heterocycles. The highest BCUT2D eigenvalue weighted by atomic mass is 16.7. The maximum absolute atomic E-state index is 13.1. The number of hydrogen-bond donors (Lipinski definition) is 3. The first-order valence-electron chi connectivity index (χ1n) is 29.6. The molecule has 0 aromatic rings. The summed E-state index contributed by atoms with van der Waals surface area (Å²) in [7, 11) is 0. The third kappa shape index (κ3) is 40.8. The van der Waals surface area contributed by atoms with E-state index in [1.54, 1.807) is 0 Å². The van der Waals surface area contributed by atoms with Crippen LogP contribution in [0.15, 0.2) is 85.1 Å². The molecule has 3 N–H and O–H groups in total. The third-order valence-electron chi connectivity index (χ3n) is 12.9. The van der Waals surface area contributed by atoms with Gasteiger partial charge in [0.2, 0.25) is 0 Å². The molecule has 6 unspecified atom stereocenters. The van der Waals surface area contributed by atoms with Crippen LogP contribution in [0.3, 0.4) is 0 Å². The number of carbonyl (C=O) groups is 4. The zero-order chi connectivity index (χ0) is 54.7. The van der Waals surface area contributed by atoms with Crippen LogP contribution in [0.2, 0.25) is 0 Å². The van der Waals surface area contributed by atoms with E-state index in [4.69, 9.17) is 23.7 Å². The van der Waals surface area contributed by atoms with Gasteiger partial charge in [-0.05, 0) is 109 Å². The maximum atomic E-state index is 13.1. The van der Waals surface area contributed by atoms with E-state index in [1.807, 2.05) is 0 Å². The number of aliphatic hydroxyl groups excluding tert-OH is 2. The van der Waals surface area contributed by atoms with Crippen molar-refractivity contribution in [2.75, 3.05) is 13.2 Å². The smallest absolute Gasteiger partial charge is 0.335 e. The highest BCUT2D eigenvalue weighted by Gasteiger charge is 2.50. The normalized spacial score (nSPS) is 18.8. The molecule has 12 heteroatoms. The molecule has 1 aliphatic heterocycles. The van der Waals surface area contributed by atoms with Gasteiger partial charge < -0.3 is 39.0 Å². The molecule has 1 aliphatic rings. The summed E-state index contributed by atoms with van der Waals surface area (Å²) in [6.07, 6.45) is 52.6. The quantitative estimate of drug-likeness (QED) is 0.0228. The second-order valence-electron chi connectivity index (χ2n) is 19.9. The predicted molar refractivity (Wildman–Crippen MR) is 303 cm³/mol. The SMILES string of the molecule is CC/C=C\C/C=C\C/C=C\C/C=C\CCCCCCC(=O)OCC(COC1OC(C(=O)O)C(O)C(O)C1OC(=O)CCCCCCC/C=C\CCCCCCCC)OC(=O)CCCCCCC/C=C\C/C=C\CCC. The molecule has 1 heterocycles. The van der Waals surface area contributed by atoms with Gasteiger partial charge in [0, 0.05) is 19.3 Å². The number of unbranched alkanes of at least 4 members (excludes halogenated alkanes) is 21. The van der Waals surface area contributed by atoms with E-state index in [1.165, 1.54) is 38.5 Å². The summed E-state index contributed by atoms with van der Waals surface area (Å²) in [5.74, 6) is -3.18. The number of hydrogen-bond acceptors (Lipinski definition) is 11. The minimum absolute atomic E-state index is 0.0437. The van der Waals surface area contributed by atoms with Crippen molar-refractivity contribution in [3.05, 3.63) is 85.1 Å². The Balaban J connectivity index is 2.72. The molecule has 0 radical (unpaired) electrons. The number of rotatable bonds is 49. The minimum atomic E-state index is -1.91. The van der Waals surface area contributed by atoms with E-state index in [9.17, 15) is 34.5 Å². The van der Waals surface area contributed by atoms with Gasteiger partial charge in [0.15, 0.2) is 24.6 Å². The lowest BCUT2D eigenvalue weighted by molar-refractivity contribution is -0.301. The van der Waals surface area contributed by atoms with Crippen LogP contribution in [-0.2, 0) is 42.9 Å². The summed E-state index contributed by atoms with van der Waals surface area (Å²) in [4.78, 5) is 51.1. The molecule has 0 amide bonds. The Morgan fingerprint density at radius 2 is 0.867 bits per heavy atom. The Kier molecular flexibility index (Phi) is 46.6. The number of aliphatic carboxylic acids is 1. The van der Waals surface area contributed by atoms with Crippen molar-refractivity contribution in [2.45, 2.75) is 276 Å². The van der Waals surface area contributed by atoms with Crippen molar-refractivity contribution < 1.29 is 58.2 Å². The zero-order valence-corrected chi connectivity index (χ0v) is 47.0. The predicted octanol–water partition coefficient (Wildman–Crippen LogP) is 15.1. The number of aliphatic hydroxyl groups is 2. The minimum Gasteiger partial charge on any atom is -0.479 e. The van der Waals surface area contributed by atoms with Crippen LogP contribution < -0.4 is 0 Å². The molecule has 1 rings (SSSR count). The average Bonchev–Trinajstić information content (AvgIpc) is 3.39. The molecule has 6 atom stereocenters. The molecule has 0 saturated carbocycles. The van der Waals surface area contributed by atoms with E-state index in [0.29, 0.717) is 19.3 Å². The van der Waals surface area contributed by atoms with Crippen molar-refractivity contribution in [2.24, 2.45) is 0 Å². The lowest BCUT2D eigenvalue weighted by atomic mass is 9.98. The Morgan fingerprint density at radius 3 is 1.35 bits per heavy atom. The highest BCUT2D eigenvalue weighted by Crippen LogP contribution is 2.26. The molecule has 75 heavy (non-hydrogen) atoms. The first-order valence-corrected chi connectivity index (χ1v) is 29.6. The summed E-state index contributed by atoms with van der Waals surface area (Å²) < 4.78 is 28.4. The molecule has 0 aromatic carbocycles. The zero-order valence-electron chi connectivity index (χ0n) is 47.0. The van der Waals surface area contributed by atoms with Crippen LogP contribution in [0.5, 0.6) is 0 Å². The van der Waals surface area contributed by atoms with E-state index in [0.717, 1.165) is 141 Å². The summed E-state index contributed by atoms with van der Waals surface area (Å²) in [5.41, 5.74) is 0. The summed E-state index contributed by atoms with van der Waals surface area (Å²) in [5, 5.41) is 31.5. The third-order valence-corrected chi connectivity index (χ3v) is 12.9. The van der Waals surface area contributed by atoms with Gasteiger partial charge in [-0.25, -0.2) is 4.79 Å². The van der Waals surface area contributed by atoms with Crippen molar-refractivity contribution in [1.82, 2.24) is 0 Å². The number of ether oxygens (including phenoxy) is 5. The van der Waals surface area contributed by atoms with Crippen LogP contribution in [0.25, 0.3) is 0 Å². The average molecular weight is 1050 g/mol. The topological polar surface area (TPSA) is 175 Å². The number of carbonyl (C=O) groups excluding carboxylic acids is 3. The molecule has 1 fully saturated rings. The van der Waals surface area contributed by atoms with Gasteiger partial charge in [0.25, 0.3) is 0 Å². The van der Waals surface area contributed by atoms with Gasteiger partial charge in [-0.15, -0.1) is 0 Å². The molecular weight excluding hydrogens is 949 g/mol. The van der Waals surface area contributed by atoms with Gasteiger partial charge >= 0.3 is 23.9 Å². The molecular formula is C63H104O12. The Labute approximate surface area is 454 Å². The Hall–Kier alpha value is -4.10. The fourth-order valence-corrected chi connectivity index (χ4v) is 8.39. The molecule has 0 aliphatic carbocycles.